The van der Waals surface area contributed by atoms with Gasteiger partial charge < -0.3 is 0 Å². The summed E-state index contributed by atoms with van der Waals surface area (Å²) in [5.41, 5.74) is 4.59. The quantitative estimate of drug-likeness (QED) is 0.294. The Hall–Kier alpha value is -3.82. The van der Waals surface area contributed by atoms with Crippen LogP contribution < -0.4 is 0 Å². The molecule has 4 aromatic carbocycles. The van der Waals surface area contributed by atoms with E-state index in [0.29, 0.717) is 21.2 Å². The van der Waals surface area contributed by atoms with Crippen LogP contribution in [0, 0.1) is 22.7 Å². The largest absolute Gasteiger partial charge is 0.192 e. The molecular formula is C28H16Cl2N2. The molecule has 4 heteroatoms. The van der Waals surface area contributed by atoms with Crippen molar-refractivity contribution >= 4 is 58.3 Å². The monoisotopic (exact) mass is 450 g/mol. The molecule has 0 saturated heterocycles. The van der Waals surface area contributed by atoms with Crippen LogP contribution in [0.15, 0.2) is 72.8 Å². The van der Waals surface area contributed by atoms with Gasteiger partial charge in [-0.2, -0.15) is 10.5 Å². The zero-order valence-electron chi connectivity index (χ0n) is 16.9. The van der Waals surface area contributed by atoms with Gasteiger partial charge in [0.25, 0.3) is 0 Å². The van der Waals surface area contributed by atoms with E-state index in [4.69, 9.17) is 23.2 Å². The van der Waals surface area contributed by atoms with Gasteiger partial charge in [-0.3, -0.25) is 0 Å². The number of hydrogen-bond donors (Lipinski definition) is 0. The first-order valence-electron chi connectivity index (χ1n) is 9.86. The molecule has 2 nitrogen and oxygen atoms in total. The highest BCUT2D eigenvalue weighted by atomic mass is 35.5. The number of fused-ring (bicyclic) bond motifs is 1. The predicted octanol–water partition coefficient (Wildman–Crippen LogP) is 8.23. The summed E-state index contributed by atoms with van der Waals surface area (Å²) >= 11 is 12.2. The summed E-state index contributed by atoms with van der Waals surface area (Å²) in [4.78, 5) is 0. The third-order valence-corrected chi connectivity index (χ3v) is 5.74. The molecule has 152 valence electrons. The summed E-state index contributed by atoms with van der Waals surface area (Å²) in [5.74, 6) is 0. The minimum absolute atomic E-state index is 0.452. The molecule has 0 heterocycles. The van der Waals surface area contributed by atoms with Gasteiger partial charge in [-0.15, -0.1) is 0 Å². The Balaban J connectivity index is 1.60. The van der Waals surface area contributed by atoms with Crippen LogP contribution in [0.2, 0.25) is 10.0 Å². The highest BCUT2D eigenvalue weighted by Crippen LogP contribution is 2.24. The van der Waals surface area contributed by atoms with E-state index in [2.05, 4.69) is 36.4 Å². The van der Waals surface area contributed by atoms with Gasteiger partial charge in [-0.25, -0.2) is 0 Å². The Morgan fingerprint density at radius 3 is 1.41 bits per heavy atom. The van der Waals surface area contributed by atoms with Crippen molar-refractivity contribution in [2.24, 2.45) is 0 Å². The minimum Gasteiger partial charge on any atom is -0.192 e. The van der Waals surface area contributed by atoms with Crippen LogP contribution in [0.1, 0.15) is 33.4 Å². The van der Waals surface area contributed by atoms with Crippen molar-refractivity contribution in [3.05, 3.63) is 116 Å². The van der Waals surface area contributed by atoms with Crippen molar-refractivity contribution in [2.75, 3.05) is 0 Å². The van der Waals surface area contributed by atoms with Gasteiger partial charge in [-0.1, -0.05) is 96.0 Å². The Bertz CT molecular complexity index is 1350. The fraction of sp³-hybridized carbons (Fsp3) is 0. The van der Waals surface area contributed by atoms with Gasteiger partial charge >= 0.3 is 0 Å². The van der Waals surface area contributed by atoms with Crippen LogP contribution in [0.3, 0.4) is 0 Å². The number of nitriles is 2. The fourth-order valence-electron chi connectivity index (χ4n) is 3.46. The topological polar surface area (TPSA) is 47.6 Å². The van der Waals surface area contributed by atoms with Crippen molar-refractivity contribution in [3.63, 3.8) is 0 Å². The standard InChI is InChI=1S/C28H16Cl2N2/c29-27-5-1-3-21(25(27)17-31)11-7-19-9-13-24-16-20(10-14-23(24)15-19)8-12-22-4-2-6-28(30)26(22)18-32/h1-16H/b11-7+,12-8+. The third kappa shape index (κ3) is 4.58. The summed E-state index contributed by atoms with van der Waals surface area (Å²) < 4.78 is 0. The van der Waals surface area contributed by atoms with Crippen molar-refractivity contribution in [3.8, 4) is 12.1 Å². The number of rotatable bonds is 4. The maximum atomic E-state index is 9.33. The molecular weight excluding hydrogens is 435 g/mol. The molecule has 0 radical (unpaired) electrons. The number of nitrogens with zero attached hydrogens (tertiary/aromatic N) is 2. The maximum Gasteiger partial charge on any atom is 0.101 e. The van der Waals surface area contributed by atoms with Crippen molar-refractivity contribution in [2.45, 2.75) is 0 Å². The molecule has 0 bridgehead atoms. The molecule has 4 rings (SSSR count). The lowest BCUT2D eigenvalue weighted by atomic mass is 10.0. The van der Waals surface area contributed by atoms with E-state index in [1.54, 1.807) is 12.1 Å². The van der Waals surface area contributed by atoms with E-state index < -0.39 is 0 Å². The molecule has 0 atom stereocenters. The highest BCUT2D eigenvalue weighted by Gasteiger charge is 2.04. The number of halogens is 2. The second-order valence-corrected chi connectivity index (χ2v) is 7.98. The van der Waals surface area contributed by atoms with E-state index in [0.717, 1.165) is 33.0 Å². The van der Waals surface area contributed by atoms with Gasteiger partial charge in [0, 0.05) is 0 Å². The predicted molar refractivity (Wildman–Crippen MR) is 134 cm³/mol. The van der Waals surface area contributed by atoms with E-state index in [1.807, 2.05) is 60.7 Å². The van der Waals surface area contributed by atoms with Crippen LogP contribution in [0.4, 0.5) is 0 Å². The minimum atomic E-state index is 0.452. The Morgan fingerprint density at radius 1 is 0.562 bits per heavy atom. The summed E-state index contributed by atoms with van der Waals surface area (Å²) in [6, 6.07) is 27.6. The van der Waals surface area contributed by atoms with E-state index in [-0.39, 0.29) is 0 Å². The van der Waals surface area contributed by atoms with Crippen molar-refractivity contribution in [1.82, 2.24) is 0 Å². The molecule has 0 aromatic heterocycles. The van der Waals surface area contributed by atoms with E-state index in [9.17, 15) is 10.5 Å². The average Bonchev–Trinajstić information content (AvgIpc) is 2.81. The van der Waals surface area contributed by atoms with Gasteiger partial charge in [-0.05, 0) is 57.3 Å². The lowest BCUT2D eigenvalue weighted by molar-refractivity contribution is 1.47. The SMILES string of the molecule is N#Cc1c(Cl)cccc1/C=C/c1ccc2cc(/C=C/c3cccc(Cl)c3C#N)ccc2c1. The third-order valence-electron chi connectivity index (χ3n) is 5.11. The lowest BCUT2D eigenvalue weighted by Crippen LogP contribution is -1.84. The smallest absolute Gasteiger partial charge is 0.101 e. The average molecular weight is 451 g/mol. The normalized spacial score (nSPS) is 11.1. The summed E-state index contributed by atoms with van der Waals surface area (Å²) in [6.45, 7) is 0. The van der Waals surface area contributed by atoms with Gasteiger partial charge in [0.05, 0.1) is 21.2 Å². The molecule has 0 aliphatic carbocycles. The van der Waals surface area contributed by atoms with Gasteiger partial charge in [0.1, 0.15) is 12.1 Å². The number of benzene rings is 4. The molecule has 0 aliphatic rings. The second kappa shape index (κ2) is 9.54. The molecule has 0 saturated carbocycles. The van der Waals surface area contributed by atoms with Crippen LogP contribution in [-0.2, 0) is 0 Å². The molecule has 32 heavy (non-hydrogen) atoms. The van der Waals surface area contributed by atoms with Crippen LogP contribution >= 0.6 is 23.2 Å². The zero-order valence-corrected chi connectivity index (χ0v) is 18.4. The summed E-state index contributed by atoms with van der Waals surface area (Å²) in [6.07, 6.45) is 7.76. The fourth-order valence-corrected chi connectivity index (χ4v) is 3.91. The molecule has 0 fully saturated rings. The molecule has 4 aromatic rings. The maximum absolute atomic E-state index is 9.33. The van der Waals surface area contributed by atoms with Crippen molar-refractivity contribution < 1.29 is 0 Å². The molecule has 0 amide bonds. The Labute approximate surface area is 196 Å². The molecule has 0 aliphatic heterocycles. The summed E-state index contributed by atoms with van der Waals surface area (Å²) in [7, 11) is 0. The first-order chi connectivity index (χ1) is 15.6. The second-order valence-electron chi connectivity index (χ2n) is 7.16. The van der Waals surface area contributed by atoms with E-state index >= 15 is 0 Å². The molecule has 0 spiro atoms. The zero-order chi connectivity index (χ0) is 22.5. The molecule has 0 unspecified atom stereocenters. The van der Waals surface area contributed by atoms with Gasteiger partial charge in [0.15, 0.2) is 0 Å². The van der Waals surface area contributed by atoms with Crippen LogP contribution in [0.25, 0.3) is 35.1 Å². The van der Waals surface area contributed by atoms with E-state index in [1.165, 1.54) is 0 Å². The van der Waals surface area contributed by atoms with Crippen LogP contribution in [-0.4, -0.2) is 0 Å². The Morgan fingerprint density at radius 2 is 1.00 bits per heavy atom. The highest BCUT2D eigenvalue weighted by molar-refractivity contribution is 6.32. The van der Waals surface area contributed by atoms with Crippen molar-refractivity contribution in [1.29, 1.82) is 10.5 Å². The first-order valence-corrected chi connectivity index (χ1v) is 10.6. The van der Waals surface area contributed by atoms with Gasteiger partial charge in [0.2, 0.25) is 0 Å². The Kier molecular flexibility index (Phi) is 6.39. The first kappa shape index (κ1) is 21.4. The molecule has 0 N–H and O–H groups in total. The van der Waals surface area contributed by atoms with Crippen LogP contribution in [0.5, 0.6) is 0 Å². The lowest BCUT2D eigenvalue weighted by Gasteiger charge is -2.04. The summed E-state index contributed by atoms with van der Waals surface area (Å²) in [5, 5.41) is 21.8. The number of hydrogen-bond acceptors (Lipinski definition) is 2.